The summed E-state index contributed by atoms with van der Waals surface area (Å²) in [4.78, 5) is 3.99. The fraction of sp³-hybridized carbons (Fsp3) is 0.353. The molecule has 1 N–H and O–H groups in total. The summed E-state index contributed by atoms with van der Waals surface area (Å²) >= 11 is 0. The van der Waals surface area contributed by atoms with Crippen molar-refractivity contribution in [2.24, 2.45) is 0 Å². The Morgan fingerprint density at radius 3 is 2.57 bits per heavy atom. The maximum Gasteiger partial charge on any atom is 0.130 e. The number of nitrogens with zero attached hydrogens (tertiary/aromatic N) is 1. The van der Waals surface area contributed by atoms with E-state index < -0.39 is 11.6 Å². The Bertz CT molecular complexity index is 558. The van der Waals surface area contributed by atoms with Crippen molar-refractivity contribution in [2.75, 3.05) is 6.54 Å². The maximum atomic E-state index is 14.0. The zero-order chi connectivity index (χ0) is 15.1. The molecule has 1 unspecified atom stereocenters. The zero-order valence-corrected chi connectivity index (χ0v) is 12.2. The summed E-state index contributed by atoms with van der Waals surface area (Å²) in [7, 11) is 0. The first kappa shape index (κ1) is 15.6. The number of nitrogens with one attached hydrogen (secondary N) is 1. The molecule has 0 aliphatic rings. The molecule has 21 heavy (non-hydrogen) atoms. The van der Waals surface area contributed by atoms with Crippen LogP contribution in [0.25, 0.3) is 0 Å². The molecule has 2 aromatic rings. The highest BCUT2D eigenvalue weighted by atomic mass is 19.1. The molecule has 0 radical (unpaired) electrons. The Morgan fingerprint density at radius 1 is 1.14 bits per heavy atom. The van der Waals surface area contributed by atoms with Crippen LogP contribution < -0.4 is 5.32 Å². The summed E-state index contributed by atoms with van der Waals surface area (Å²) in [6, 6.07) is 7.59. The van der Waals surface area contributed by atoms with Gasteiger partial charge in [-0.15, -0.1) is 0 Å². The number of aryl methyl sites for hydroxylation is 1. The first-order valence-electron chi connectivity index (χ1n) is 7.28. The van der Waals surface area contributed by atoms with Gasteiger partial charge in [0.25, 0.3) is 0 Å². The molecule has 0 spiro atoms. The second-order valence-corrected chi connectivity index (χ2v) is 5.07. The van der Waals surface area contributed by atoms with Crippen molar-refractivity contribution in [3.05, 3.63) is 65.5 Å². The third kappa shape index (κ3) is 4.60. The van der Waals surface area contributed by atoms with E-state index in [1.807, 2.05) is 12.1 Å². The second-order valence-electron chi connectivity index (χ2n) is 5.07. The highest BCUT2D eigenvalue weighted by Crippen LogP contribution is 2.23. The molecule has 1 aromatic carbocycles. The standard InChI is InChI=1S/C17H20F2N2/c1-2-9-21-17(6-3-13-7-10-20-11-8-13)15-5-4-14(18)12-16(15)19/h4-5,7-8,10-12,17,21H,2-3,6,9H2,1H3. The first-order valence-corrected chi connectivity index (χ1v) is 7.28. The van der Waals surface area contributed by atoms with Crippen LogP contribution in [-0.2, 0) is 6.42 Å². The third-order valence-electron chi connectivity index (χ3n) is 3.45. The van der Waals surface area contributed by atoms with Gasteiger partial charge in [-0.1, -0.05) is 13.0 Å². The number of benzene rings is 1. The van der Waals surface area contributed by atoms with Crippen molar-refractivity contribution >= 4 is 0 Å². The van der Waals surface area contributed by atoms with Crippen molar-refractivity contribution in [1.82, 2.24) is 10.3 Å². The lowest BCUT2D eigenvalue weighted by molar-refractivity contribution is 0.469. The number of hydrogen-bond donors (Lipinski definition) is 1. The molecule has 0 amide bonds. The molecular formula is C17H20F2N2. The van der Waals surface area contributed by atoms with E-state index in [0.29, 0.717) is 5.56 Å². The topological polar surface area (TPSA) is 24.9 Å². The summed E-state index contributed by atoms with van der Waals surface area (Å²) in [5.74, 6) is -1.03. The number of hydrogen-bond acceptors (Lipinski definition) is 2. The molecule has 0 aliphatic carbocycles. The van der Waals surface area contributed by atoms with Crippen LogP contribution in [-0.4, -0.2) is 11.5 Å². The van der Waals surface area contributed by atoms with Crippen LogP contribution in [0.3, 0.4) is 0 Å². The van der Waals surface area contributed by atoms with E-state index in [0.717, 1.165) is 37.4 Å². The van der Waals surface area contributed by atoms with E-state index in [2.05, 4.69) is 17.2 Å². The van der Waals surface area contributed by atoms with Crippen LogP contribution in [0.15, 0.2) is 42.7 Å². The summed E-state index contributed by atoms with van der Waals surface area (Å²) in [6.07, 6.45) is 6.05. The van der Waals surface area contributed by atoms with Gasteiger partial charge in [0.15, 0.2) is 0 Å². The van der Waals surface area contributed by atoms with E-state index in [1.165, 1.54) is 12.1 Å². The van der Waals surface area contributed by atoms with Crippen LogP contribution in [0.4, 0.5) is 8.78 Å². The molecule has 0 saturated heterocycles. The summed E-state index contributed by atoms with van der Waals surface area (Å²) in [5.41, 5.74) is 1.69. The molecule has 0 fully saturated rings. The van der Waals surface area contributed by atoms with Crippen LogP contribution in [0, 0.1) is 11.6 Å². The van der Waals surface area contributed by atoms with E-state index >= 15 is 0 Å². The Hall–Kier alpha value is -1.81. The Kier molecular flexibility index (Phi) is 5.81. The van der Waals surface area contributed by atoms with Gasteiger partial charge in [0, 0.05) is 30.1 Å². The minimum atomic E-state index is -0.542. The maximum absolute atomic E-state index is 14.0. The van der Waals surface area contributed by atoms with Gasteiger partial charge in [-0.2, -0.15) is 0 Å². The van der Waals surface area contributed by atoms with Gasteiger partial charge in [0.05, 0.1) is 0 Å². The molecule has 4 heteroatoms. The fourth-order valence-electron chi connectivity index (χ4n) is 2.33. The van der Waals surface area contributed by atoms with Crippen molar-refractivity contribution in [2.45, 2.75) is 32.2 Å². The van der Waals surface area contributed by atoms with Gasteiger partial charge < -0.3 is 5.32 Å². The van der Waals surface area contributed by atoms with E-state index in [1.54, 1.807) is 12.4 Å². The van der Waals surface area contributed by atoms with E-state index in [4.69, 9.17) is 0 Å². The van der Waals surface area contributed by atoms with E-state index in [-0.39, 0.29) is 6.04 Å². The van der Waals surface area contributed by atoms with Gasteiger partial charge in [0.1, 0.15) is 11.6 Å². The Balaban J connectivity index is 2.10. The van der Waals surface area contributed by atoms with E-state index in [9.17, 15) is 8.78 Å². The minimum Gasteiger partial charge on any atom is -0.310 e. The molecule has 0 bridgehead atoms. The second kappa shape index (κ2) is 7.84. The largest absolute Gasteiger partial charge is 0.310 e. The predicted molar refractivity (Wildman–Crippen MR) is 80.0 cm³/mol. The fourth-order valence-corrected chi connectivity index (χ4v) is 2.33. The third-order valence-corrected chi connectivity index (χ3v) is 3.45. The lowest BCUT2D eigenvalue weighted by Gasteiger charge is -2.19. The Morgan fingerprint density at radius 2 is 1.90 bits per heavy atom. The van der Waals surface area contributed by atoms with Crippen molar-refractivity contribution in [3.8, 4) is 0 Å². The lowest BCUT2D eigenvalue weighted by atomic mass is 9.98. The van der Waals surface area contributed by atoms with Crippen LogP contribution >= 0.6 is 0 Å². The highest BCUT2D eigenvalue weighted by molar-refractivity contribution is 5.23. The van der Waals surface area contributed by atoms with Crippen molar-refractivity contribution in [1.29, 1.82) is 0 Å². The molecule has 2 nitrogen and oxygen atoms in total. The predicted octanol–water partition coefficient (Wildman–Crippen LogP) is 4.03. The first-order chi connectivity index (χ1) is 10.2. The monoisotopic (exact) mass is 290 g/mol. The lowest BCUT2D eigenvalue weighted by Crippen LogP contribution is -2.23. The minimum absolute atomic E-state index is 0.112. The summed E-state index contributed by atoms with van der Waals surface area (Å²) in [6.45, 7) is 2.87. The SMILES string of the molecule is CCCNC(CCc1ccncc1)c1ccc(F)cc1F. The summed E-state index contributed by atoms with van der Waals surface area (Å²) in [5, 5.41) is 3.34. The van der Waals surface area contributed by atoms with Gasteiger partial charge in [-0.3, -0.25) is 4.98 Å². The molecule has 2 rings (SSSR count). The zero-order valence-electron chi connectivity index (χ0n) is 12.2. The van der Waals surface area contributed by atoms with Crippen LogP contribution in [0.2, 0.25) is 0 Å². The number of rotatable bonds is 7. The molecule has 112 valence electrons. The number of aromatic nitrogens is 1. The normalized spacial score (nSPS) is 12.3. The van der Waals surface area contributed by atoms with Gasteiger partial charge in [0.2, 0.25) is 0 Å². The number of pyridine rings is 1. The average molecular weight is 290 g/mol. The molecule has 1 heterocycles. The molecule has 0 aliphatic heterocycles. The Labute approximate surface area is 124 Å². The van der Waals surface area contributed by atoms with Crippen molar-refractivity contribution in [3.63, 3.8) is 0 Å². The molecule has 1 atom stereocenters. The van der Waals surface area contributed by atoms with Crippen LogP contribution in [0.1, 0.15) is 36.9 Å². The van der Waals surface area contributed by atoms with Gasteiger partial charge in [-0.25, -0.2) is 8.78 Å². The molecule has 0 saturated carbocycles. The van der Waals surface area contributed by atoms with Gasteiger partial charge in [-0.05, 0) is 49.6 Å². The molecule has 1 aromatic heterocycles. The highest BCUT2D eigenvalue weighted by Gasteiger charge is 2.15. The van der Waals surface area contributed by atoms with Crippen LogP contribution in [0.5, 0.6) is 0 Å². The number of halogens is 2. The quantitative estimate of drug-likeness (QED) is 0.832. The smallest absolute Gasteiger partial charge is 0.130 e. The van der Waals surface area contributed by atoms with Crippen molar-refractivity contribution < 1.29 is 8.78 Å². The van der Waals surface area contributed by atoms with Gasteiger partial charge >= 0.3 is 0 Å². The molecular weight excluding hydrogens is 270 g/mol. The average Bonchev–Trinajstić information content (AvgIpc) is 2.49. The summed E-state index contributed by atoms with van der Waals surface area (Å²) < 4.78 is 27.0.